The Balaban J connectivity index is 2.00. The van der Waals surface area contributed by atoms with Crippen molar-refractivity contribution >= 4 is 5.69 Å². The molecule has 0 aliphatic carbocycles. The summed E-state index contributed by atoms with van der Waals surface area (Å²) in [5.74, 6) is 0. The molecular weight excluding hydrogens is 232 g/mol. The second-order valence-electron chi connectivity index (χ2n) is 7.05. The molecule has 1 fully saturated rings. The third-order valence-electron chi connectivity index (χ3n) is 3.86. The van der Waals surface area contributed by atoms with Crippen LogP contribution in [0.5, 0.6) is 0 Å². The fourth-order valence-corrected chi connectivity index (χ4v) is 2.77. The molecule has 1 N–H and O–H groups in total. The third kappa shape index (κ3) is 3.73. The standard InChI is InChI=1S/C17H28N2/c1-13(2)18-15-10-11-19(12-15)16-8-6-14(7-9-16)17(3,4)5/h6-9,13,15,18H,10-12H2,1-5H3. The third-order valence-corrected chi connectivity index (χ3v) is 3.86. The summed E-state index contributed by atoms with van der Waals surface area (Å²) >= 11 is 0. The zero-order valence-electron chi connectivity index (χ0n) is 13.0. The van der Waals surface area contributed by atoms with Gasteiger partial charge in [0.25, 0.3) is 0 Å². The van der Waals surface area contributed by atoms with E-state index in [1.54, 1.807) is 0 Å². The van der Waals surface area contributed by atoms with Gasteiger partial charge in [-0.3, -0.25) is 0 Å². The first-order chi connectivity index (χ1) is 8.86. The largest absolute Gasteiger partial charge is 0.370 e. The quantitative estimate of drug-likeness (QED) is 0.894. The second-order valence-corrected chi connectivity index (χ2v) is 7.05. The van der Waals surface area contributed by atoms with E-state index in [1.165, 1.54) is 24.2 Å². The Labute approximate surface area is 118 Å². The predicted octanol–water partition coefficient (Wildman–Crippen LogP) is 3.56. The molecule has 0 bridgehead atoms. The Morgan fingerprint density at radius 1 is 1.16 bits per heavy atom. The highest BCUT2D eigenvalue weighted by Gasteiger charge is 2.23. The Morgan fingerprint density at radius 3 is 2.32 bits per heavy atom. The van der Waals surface area contributed by atoms with Crippen LogP contribution in [-0.4, -0.2) is 25.2 Å². The van der Waals surface area contributed by atoms with Crippen LogP contribution in [0.15, 0.2) is 24.3 Å². The topological polar surface area (TPSA) is 15.3 Å². The summed E-state index contributed by atoms with van der Waals surface area (Å²) in [7, 11) is 0. The molecule has 2 heteroatoms. The van der Waals surface area contributed by atoms with E-state index < -0.39 is 0 Å². The molecule has 2 nitrogen and oxygen atoms in total. The van der Waals surface area contributed by atoms with Crippen molar-refractivity contribution < 1.29 is 0 Å². The van der Waals surface area contributed by atoms with Crippen LogP contribution in [-0.2, 0) is 5.41 Å². The van der Waals surface area contributed by atoms with Crippen LogP contribution in [0.4, 0.5) is 5.69 Å². The zero-order valence-corrected chi connectivity index (χ0v) is 13.0. The molecule has 0 radical (unpaired) electrons. The molecule has 106 valence electrons. The van der Waals surface area contributed by atoms with Crippen molar-refractivity contribution in [3.8, 4) is 0 Å². The van der Waals surface area contributed by atoms with Crippen molar-refractivity contribution in [3.05, 3.63) is 29.8 Å². The molecule has 1 saturated heterocycles. The van der Waals surface area contributed by atoms with E-state index in [4.69, 9.17) is 0 Å². The Bertz CT molecular complexity index is 400. The molecule has 0 spiro atoms. The van der Waals surface area contributed by atoms with Gasteiger partial charge in [0.1, 0.15) is 0 Å². The van der Waals surface area contributed by atoms with Crippen molar-refractivity contribution in [2.24, 2.45) is 0 Å². The van der Waals surface area contributed by atoms with Gasteiger partial charge in [0.05, 0.1) is 0 Å². The van der Waals surface area contributed by atoms with Crippen molar-refractivity contribution in [3.63, 3.8) is 0 Å². The van der Waals surface area contributed by atoms with Gasteiger partial charge in [0.2, 0.25) is 0 Å². The smallest absolute Gasteiger partial charge is 0.0366 e. The molecule has 0 aromatic heterocycles. The SMILES string of the molecule is CC(C)NC1CCN(c2ccc(C(C)(C)C)cc2)C1. The van der Waals surface area contributed by atoms with Crippen LogP contribution in [0.1, 0.15) is 46.6 Å². The van der Waals surface area contributed by atoms with Crippen molar-refractivity contribution in [2.45, 2.75) is 58.5 Å². The van der Waals surface area contributed by atoms with Crippen molar-refractivity contribution in [1.82, 2.24) is 5.32 Å². The molecule has 1 atom stereocenters. The lowest BCUT2D eigenvalue weighted by molar-refractivity contribution is 0.492. The summed E-state index contributed by atoms with van der Waals surface area (Å²) in [5.41, 5.74) is 3.01. The normalized spacial score (nSPS) is 20.3. The van der Waals surface area contributed by atoms with E-state index in [0.717, 1.165) is 6.54 Å². The maximum Gasteiger partial charge on any atom is 0.0366 e. The van der Waals surface area contributed by atoms with E-state index in [2.05, 4.69) is 69.1 Å². The second kappa shape index (κ2) is 5.54. The highest BCUT2D eigenvalue weighted by atomic mass is 15.2. The Kier molecular flexibility index (Phi) is 4.19. The van der Waals surface area contributed by atoms with Crippen LogP contribution in [0.25, 0.3) is 0 Å². The molecule has 0 saturated carbocycles. The molecular formula is C17H28N2. The first kappa shape index (κ1) is 14.4. The van der Waals surface area contributed by atoms with E-state index in [-0.39, 0.29) is 5.41 Å². The van der Waals surface area contributed by atoms with Gasteiger partial charge >= 0.3 is 0 Å². The van der Waals surface area contributed by atoms with Gasteiger partial charge in [0, 0.05) is 30.9 Å². The number of hydrogen-bond acceptors (Lipinski definition) is 2. The van der Waals surface area contributed by atoms with Gasteiger partial charge in [-0.15, -0.1) is 0 Å². The maximum atomic E-state index is 3.64. The molecule has 1 aliphatic heterocycles. The predicted molar refractivity (Wildman–Crippen MR) is 84.0 cm³/mol. The molecule has 1 aromatic carbocycles. The summed E-state index contributed by atoms with van der Waals surface area (Å²) in [6.07, 6.45) is 1.25. The summed E-state index contributed by atoms with van der Waals surface area (Å²) < 4.78 is 0. The number of hydrogen-bond donors (Lipinski definition) is 1. The molecule has 1 aliphatic rings. The molecule has 1 aromatic rings. The van der Waals surface area contributed by atoms with Crippen LogP contribution >= 0.6 is 0 Å². The maximum absolute atomic E-state index is 3.64. The first-order valence-corrected chi connectivity index (χ1v) is 7.48. The minimum atomic E-state index is 0.241. The fraction of sp³-hybridized carbons (Fsp3) is 0.647. The lowest BCUT2D eigenvalue weighted by atomic mass is 9.87. The van der Waals surface area contributed by atoms with Crippen molar-refractivity contribution in [2.75, 3.05) is 18.0 Å². The number of anilines is 1. The van der Waals surface area contributed by atoms with Crippen molar-refractivity contribution in [1.29, 1.82) is 0 Å². The Morgan fingerprint density at radius 2 is 1.79 bits per heavy atom. The van der Waals surface area contributed by atoms with Gasteiger partial charge in [-0.2, -0.15) is 0 Å². The van der Waals surface area contributed by atoms with Crippen LogP contribution in [0.3, 0.4) is 0 Å². The molecule has 0 amide bonds. The number of nitrogens with one attached hydrogen (secondary N) is 1. The lowest BCUT2D eigenvalue weighted by Gasteiger charge is -2.23. The molecule has 2 rings (SSSR count). The summed E-state index contributed by atoms with van der Waals surface area (Å²) in [4.78, 5) is 2.49. The van der Waals surface area contributed by atoms with Gasteiger partial charge in [-0.25, -0.2) is 0 Å². The van der Waals surface area contributed by atoms with E-state index >= 15 is 0 Å². The number of benzene rings is 1. The van der Waals surface area contributed by atoms with Gasteiger partial charge in [-0.1, -0.05) is 46.8 Å². The molecule has 19 heavy (non-hydrogen) atoms. The minimum absolute atomic E-state index is 0.241. The van der Waals surface area contributed by atoms with Gasteiger partial charge in [0.15, 0.2) is 0 Å². The van der Waals surface area contributed by atoms with E-state index in [9.17, 15) is 0 Å². The number of rotatable bonds is 3. The summed E-state index contributed by atoms with van der Waals surface area (Å²) in [6, 6.07) is 10.3. The lowest BCUT2D eigenvalue weighted by Crippen LogP contribution is -2.37. The van der Waals surface area contributed by atoms with E-state index in [0.29, 0.717) is 12.1 Å². The monoisotopic (exact) mass is 260 g/mol. The fourth-order valence-electron chi connectivity index (χ4n) is 2.77. The van der Waals surface area contributed by atoms with Gasteiger partial charge < -0.3 is 10.2 Å². The van der Waals surface area contributed by atoms with Crippen LogP contribution in [0, 0.1) is 0 Å². The minimum Gasteiger partial charge on any atom is -0.370 e. The highest BCUT2D eigenvalue weighted by Crippen LogP contribution is 2.26. The highest BCUT2D eigenvalue weighted by molar-refractivity contribution is 5.49. The zero-order chi connectivity index (χ0) is 14.0. The Hall–Kier alpha value is -1.02. The van der Waals surface area contributed by atoms with E-state index in [1.807, 2.05) is 0 Å². The summed E-state index contributed by atoms with van der Waals surface area (Å²) in [5, 5.41) is 3.64. The first-order valence-electron chi connectivity index (χ1n) is 7.48. The summed E-state index contributed by atoms with van der Waals surface area (Å²) in [6.45, 7) is 13.5. The number of nitrogens with zero attached hydrogens (tertiary/aromatic N) is 1. The average Bonchev–Trinajstić information content (AvgIpc) is 2.75. The van der Waals surface area contributed by atoms with Crippen LogP contribution in [0.2, 0.25) is 0 Å². The molecule has 1 heterocycles. The van der Waals surface area contributed by atoms with Gasteiger partial charge in [-0.05, 0) is 29.5 Å². The van der Waals surface area contributed by atoms with Crippen LogP contribution < -0.4 is 10.2 Å². The average molecular weight is 260 g/mol. The molecule has 1 unspecified atom stereocenters.